The van der Waals surface area contributed by atoms with Crippen molar-refractivity contribution in [1.82, 2.24) is 19.4 Å². The SMILES string of the molecule is CCn1c2ccccc2c2cc(CN3CC[C@@H](N(C)CCc4ccccn4)[C@H](O)C3)ccc21. The number of aromatic nitrogens is 2. The fourth-order valence-corrected chi connectivity index (χ4v) is 5.44. The molecule has 5 heteroatoms. The van der Waals surface area contributed by atoms with Gasteiger partial charge in [-0.1, -0.05) is 30.3 Å². The van der Waals surface area contributed by atoms with E-state index in [4.69, 9.17) is 0 Å². The molecule has 4 aromatic rings. The second-order valence-electron chi connectivity index (χ2n) is 9.32. The van der Waals surface area contributed by atoms with E-state index >= 15 is 0 Å². The lowest BCUT2D eigenvalue weighted by atomic mass is 9.99. The van der Waals surface area contributed by atoms with Crippen molar-refractivity contribution in [3.05, 3.63) is 78.1 Å². The van der Waals surface area contributed by atoms with Gasteiger partial charge < -0.3 is 14.6 Å². The third-order valence-electron chi connectivity index (χ3n) is 7.20. The number of rotatable bonds is 7. The summed E-state index contributed by atoms with van der Waals surface area (Å²) < 4.78 is 2.39. The van der Waals surface area contributed by atoms with Gasteiger partial charge in [0.15, 0.2) is 0 Å². The van der Waals surface area contributed by atoms with Crippen LogP contribution in [0.15, 0.2) is 66.9 Å². The van der Waals surface area contributed by atoms with Crippen LogP contribution in [0, 0.1) is 0 Å². The molecule has 2 aromatic carbocycles. The Labute approximate surface area is 196 Å². The zero-order valence-corrected chi connectivity index (χ0v) is 19.7. The lowest BCUT2D eigenvalue weighted by molar-refractivity contribution is -0.00618. The van der Waals surface area contributed by atoms with Crippen LogP contribution in [0.4, 0.5) is 0 Å². The number of pyridine rings is 1. The van der Waals surface area contributed by atoms with E-state index in [-0.39, 0.29) is 12.1 Å². The first-order chi connectivity index (χ1) is 16.1. The van der Waals surface area contributed by atoms with Crippen molar-refractivity contribution in [1.29, 1.82) is 0 Å². The summed E-state index contributed by atoms with van der Waals surface area (Å²) >= 11 is 0. The number of aryl methyl sites for hydroxylation is 1. The van der Waals surface area contributed by atoms with Crippen LogP contribution in [0.5, 0.6) is 0 Å². The third kappa shape index (κ3) is 4.54. The monoisotopic (exact) mass is 442 g/mol. The number of β-amino-alcohol motifs (C(OH)–C–C–N with tert-alkyl or cyclic N) is 1. The highest BCUT2D eigenvalue weighted by atomic mass is 16.3. The first kappa shape index (κ1) is 22.1. The van der Waals surface area contributed by atoms with Gasteiger partial charge in [0.05, 0.1) is 6.10 Å². The van der Waals surface area contributed by atoms with Gasteiger partial charge in [0.25, 0.3) is 0 Å². The number of fused-ring (bicyclic) bond motifs is 3. The molecule has 1 aliphatic heterocycles. The topological polar surface area (TPSA) is 44.5 Å². The molecule has 5 nitrogen and oxygen atoms in total. The van der Waals surface area contributed by atoms with E-state index in [2.05, 4.69) is 81.9 Å². The number of hydrogen-bond acceptors (Lipinski definition) is 4. The Morgan fingerprint density at radius 2 is 1.85 bits per heavy atom. The Balaban J connectivity index is 1.24. The van der Waals surface area contributed by atoms with E-state index in [1.807, 2.05) is 18.3 Å². The van der Waals surface area contributed by atoms with Crippen molar-refractivity contribution in [2.24, 2.45) is 0 Å². The van der Waals surface area contributed by atoms with E-state index < -0.39 is 0 Å². The molecule has 1 fully saturated rings. The van der Waals surface area contributed by atoms with Gasteiger partial charge in [0, 0.05) is 78.9 Å². The summed E-state index contributed by atoms with van der Waals surface area (Å²) in [4.78, 5) is 9.13. The standard InChI is InChI=1S/C28H34N4O/c1-3-32-25-10-5-4-9-23(25)24-18-21(11-12-26(24)32)19-31-17-14-27(28(33)20-31)30(2)16-13-22-8-6-7-15-29-22/h4-12,15,18,27-28,33H,3,13-14,16-17,19-20H2,1-2H3/t27-,28-/m1/s1. The molecule has 33 heavy (non-hydrogen) atoms. The summed E-state index contributed by atoms with van der Waals surface area (Å²) in [5, 5.41) is 13.6. The van der Waals surface area contributed by atoms with Crippen LogP contribution in [0.3, 0.4) is 0 Å². The van der Waals surface area contributed by atoms with Crippen LogP contribution in [0.25, 0.3) is 21.8 Å². The molecular formula is C28H34N4O. The van der Waals surface area contributed by atoms with Crippen LogP contribution in [-0.4, -0.2) is 63.3 Å². The first-order valence-corrected chi connectivity index (χ1v) is 12.1. The molecule has 0 aliphatic carbocycles. The third-order valence-corrected chi connectivity index (χ3v) is 7.20. The molecule has 172 valence electrons. The van der Waals surface area contributed by atoms with Crippen LogP contribution in [-0.2, 0) is 19.5 Å². The molecule has 0 amide bonds. The average molecular weight is 443 g/mol. The number of hydrogen-bond donors (Lipinski definition) is 1. The Morgan fingerprint density at radius 3 is 2.64 bits per heavy atom. The smallest absolute Gasteiger partial charge is 0.0822 e. The normalized spacial score (nSPS) is 19.6. The minimum absolute atomic E-state index is 0.204. The number of benzene rings is 2. The fourth-order valence-electron chi connectivity index (χ4n) is 5.44. The lowest BCUT2D eigenvalue weighted by Crippen LogP contribution is -2.53. The van der Waals surface area contributed by atoms with Crippen molar-refractivity contribution in [2.45, 2.75) is 45.0 Å². The van der Waals surface area contributed by atoms with Crippen LogP contribution in [0.2, 0.25) is 0 Å². The number of aliphatic hydroxyl groups excluding tert-OH is 1. The highest BCUT2D eigenvalue weighted by molar-refractivity contribution is 6.08. The number of likely N-dealkylation sites (N-methyl/N-ethyl adjacent to an activating group) is 1. The van der Waals surface area contributed by atoms with Crippen molar-refractivity contribution in [3.8, 4) is 0 Å². The minimum Gasteiger partial charge on any atom is -0.390 e. The molecule has 2 atom stereocenters. The molecule has 0 bridgehead atoms. The maximum absolute atomic E-state index is 10.9. The van der Waals surface area contributed by atoms with E-state index in [9.17, 15) is 5.11 Å². The Morgan fingerprint density at radius 1 is 1.03 bits per heavy atom. The van der Waals surface area contributed by atoms with Gasteiger partial charge in [-0.25, -0.2) is 0 Å². The van der Waals surface area contributed by atoms with E-state index in [1.165, 1.54) is 27.4 Å². The van der Waals surface area contributed by atoms with Gasteiger partial charge in [-0.3, -0.25) is 9.88 Å². The molecule has 2 aromatic heterocycles. The van der Waals surface area contributed by atoms with E-state index in [0.29, 0.717) is 6.54 Å². The van der Waals surface area contributed by atoms with Gasteiger partial charge in [-0.15, -0.1) is 0 Å². The van der Waals surface area contributed by atoms with Crippen molar-refractivity contribution < 1.29 is 5.11 Å². The lowest BCUT2D eigenvalue weighted by Gasteiger charge is -2.40. The molecule has 1 saturated heterocycles. The highest BCUT2D eigenvalue weighted by Crippen LogP contribution is 2.30. The molecule has 0 saturated carbocycles. The Hall–Kier alpha value is -2.73. The molecule has 0 unspecified atom stereocenters. The summed E-state index contributed by atoms with van der Waals surface area (Å²) in [5.74, 6) is 0. The first-order valence-electron chi connectivity index (χ1n) is 12.1. The summed E-state index contributed by atoms with van der Waals surface area (Å²) in [6, 6.07) is 21.8. The molecule has 1 aliphatic rings. The van der Waals surface area contributed by atoms with Gasteiger partial charge in [-0.2, -0.15) is 0 Å². The predicted octanol–water partition coefficient (Wildman–Crippen LogP) is 4.32. The summed E-state index contributed by atoms with van der Waals surface area (Å²) in [5.41, 5.74) is 5.03. The van der Waals surface area contributed by atoms with Crippen molar-refractivity contribution in [3.63, 3.8) is 0 Å². The minimum atomic E-state index is -0.335. The number of piperidine rings is 1. The molecule has 1 N–H and O–H groups in total. The number of nitrogens with zero attached hydrogens (tertiary/aromatic N) is 4. The summed E-state index contributed by atoms with van der Waals surface area (Å²) in [7, 11) is 2.13. The molecule has 5 rings (SSSR count). The number of likely N-dealkylation sites (tertiary alicyclic amines) is 1. The van der Waals surface area contributed by atoms with Gasteiger partial charge in [-0.05, 0) is 56.3 Å². The fraction of sp³-hybridized carbons (Fsp3) is 0.393. The second-order valence-corrected chi connectivity index (χ2v) is 9.32. The van der Waals surface area contributed by atoms with Crippen molar-refractivity contribution in [2.75, 3.05) is 26.7 Å². The maximum Gasteiger partial charge on any atom is 0.0822 e. The summed E-state index contributed by atoms with van der Waals surface area (Å²) in [6.07, 6.45) is 3.41. The number of aliphatic hydroxyl groups is 1. The molecule has 0 radical (unpaired) electrons. The highest BCUT2D eigenvalue weighted by Gasteiger charge is 2.30. The second kappa shape index (κ2) is 9.64. The molecular weight excluding hydrogens is 408 g/mol. The zero-order valence-electron chi connectivity index (χ0n) is 19.7. The summed E-state index contributed by atoms with van der Waals surface area (Å²) in [6.45, 7) is 6.69. The van der Waals surface area contributed by atoms with Crippen LogP contribution < -0.4 is 0 Å². The number of para-hydroxylation sites is 1. The van der Waals surface area contributed by atoms with Gasteiger partial charge in [0.1, 0.15) is 0 Å². The molecule has 3 heterocycles. The predicted molar refractivity (Wildman–Crippen MR) is 135 cm³/mol. The van der Waals surface area contributed by atoms with Crippen molar-refractivity contribution >= 4 is 21.8 Å². The Kier molecular flexibility index (Phi) is 6.45. The quantitative estimate of drug-likeness (QED) is 0.463. The van der Waals surface area contributed by atoms with E-state index in [1.54, 1.807) is 0 Å². The van der Waals surface area contributed by atoms with Crippen LogP contribution in [0.1, 0.15) is 24.6 Å². The average Bonchev–Trinajstić information content (AvgIpc) is 3.16. The van der Waals surface area contributed by atoms with Gasteiger partial charge in [0.2, 0.25) is 0 Å². The zero-order chi connectivity index (χ0) is 22.8. The van der Waals surface area contributed by atoms with Gasteiger partial charge >= 0.3 is 0 Å². The Bertz CT molecular complexity index is 1220. The maximum atomic E-state index is 10.9. The van der Waals surface area contributed by atoms with E-state index in [0.717, 1.165) is 44.7 Å². The van der Waals surface area contributed by atoms with Crippen LogP contribution >= 0.6 is 0 Å². The largest absolute Gasteiger partial charge is 0.390 e. The molecule has 0 spiro atoms.